The zero-order chi connectivity index (χ0) is 6.99. The molecule has 0 aliphatic rings. The number of hydrogen-bond donors (Lipinski definition) is 0. The quantitative estimate of drug-likeness (QED) is 0.517. The van der Waals surface area contributed by atoms with Crippen molar-refractivity contribution in [2.24, 2.45) is 0 Å². The molecule has 8 heavy (non-hydrogen) atoms. The van der Waals surface area contributed by atoms with E-state index in [0.717, 1.165) is 0 Å². The average molecular weight is 196 g/mol. The van der Waals surface area contributed by atoms with Crippen molar-refractivity contribution in [1.82, 2.24) is 0 Å². The summed E-state index contributed by atoms with van der Waals surface area (Å²) < 4.78 is 0. The lowest BCUT2D eigenvalue weighted by Gasteiger charge is -1.72. The molecule has 0 heterocycles. The number of rotatable bonds is 0. The van der Waals surface area contributed by atoms with Crippen LogP contribution in [0.4, 0.5) is 0 Å². The van der Waals surface area contributed by atoms with Gasteiger partial charge in [0.1, 0.15) is 4.84 Å². The van der Waals surface area contributed by atoms with Crippen LogP contribution >= 0.6 is 46.4 Å². The maximum atomic E-state index is 5.04. The standard InChI is InChI=1S/C2H4Cl2.C2H2Cl2/c1-2(3)4;3-1-2-4/h2H,1H3;1-2H. The molecule has 4 heteroatoms. The minimum atomic E-state index is -0.222. The van der Waals surface area contributed by atoms with E-state index in [1.807, 2.05) is 0 Å². The summed E-state index contributed by atoms with van der Waals surface area (Å²) in [5.41, 5.74) is 2.48. The van der Waals surface area contributed by atoms with E-state index in [0.29, 0.717) is 0 Å². The van der Waals surface area contributed by atoms with Crippen molar-refractivity contribution in [3.63, 3.8) is 0 Å². The van der Waals surface area contributed by atoms with Crippen molar-refractivity contribution in [3.8, 4) is 0 Å². The highest BCUT2D eigenvalue weighted by Crippen LogP contribution is 1.95. The van der Waals surface area contributed by atoms with E-state index >= 15 is 0 Å². The Bertz CT molecular complexity index is 43.2. The summed E-state index contributed by atoms with van der Waals surface area (Å²) in [4.78, 5) is -0.222. The molecular weight excluding hydrogens is 190 g/mol. The molecule has 0 saturated heterocycles. The van der Waals surface area contributed by atoms with Gasteiger partial charge in [-0.1, -0.05) is 23.2 Å². The van der Waals surface area contributed by atoms with Crippen molar-refractivity contribution in [2.45, 2.75) is 11.8 Å². The van der Waals surface area contributed by atoms with Crippen molar-refractivity contribution < 1.29 is 0 Å². The van der Waals surface area contributed by atoms with E-state index in [1.54, 1.807) is 6.92 Å². The number of hydrogen-bond acceptors (Lipinski definition) is 0. The Labute approximate surface area is 69.4 Å². The highest BCUT2D eigenvalue weighted by Gasteiger charge is 1.75. The molecule has 0 unspecified atom stereocenters. The first kappa shape index (κ1) is 11.7. The Kier molecular flexibility index (Phi) is 15.8. The summed E-state index contributed by atoms with van der Waals surface area (Å²) in [5.74, 6) is 0. The third-order valence-electron chi connectivity index (χ3n) is 0.0476. The Hall–Kier alpha value is 0.900. The predicted octanol–water partition coefficient (Wildman–Crippen LogP) is 3.75. The largest absolute Gasteiger partial charge is 0.106 e. The molecule has 0 atom stereocenters. The van der Waals surface area contributed by atoms with Gasteiger partial charge >= 0.3 is 0 Å². The summed E-state index contributed by atoms with van der Waals surface area (Å²) in [6, 6.07) is 0. The Morgan fingerprint density at radius 3 is 1.25 bits per heavy atom. The van der Waals surface area contributed by atoms with Crippen molar-refractivity contribution in [2.75, 3.05) is 0 Å². The van der Waals surface area contributed by atoms with E-state index in [9.17, 15) is 0 Å². The molecule has 0 aliphatic carbocycles. The predicted molar refractivity (Wildman–Crippen MR) is 42.0 cm³/mol. The highest BCUT2D eigenvalue weighted by molar-refractivity contribution is 6.43. The Morgan fingerprint density at radius 2 is 1.25 bits per heavy atom. The van der Waals surface area contributed by atoms with Gasteiger partial charge < -0.3 is 0 Å². The van der Waals surface area contributed by atoms with Crippen LogP contribution in [0.2, 0.25) is 0 Å². The topological polar surface area (TPSA) is 0 Å². The molecule has 0 amide bonds. The van der Waals surface area contributed by atoms with E-state index in [4.69, 9.17) is 46.4 Å². The van der Waals surface area contributed by atoms with Crippen LogP contribution in [0, 0.1) is 0 Å². The second-order valence-corrected chi connectivity index (χ2v) is 2.81. The molecule has 0 aromatic rings. The maximum Gasteiger partial charge on any atom is 0.105 e. The van der Waals surface area contributed by atoms with Gasteiger partial charge in [-0.2, -0.15) is 0 Å². The van der Waals surface area contributed by atoms with Crippen LogP contribution in [0.1, 0.15) is 6.92 Å². The zero-order valence-corrected chi connectivity index (χ0v) is 7.27. The molecule has 50 valence electrons. The lowest BCUT2D eigenvalue weighted by atomic mass is 11.0. The molecule has 0 saturated carbocycles. The molecule has 0 aromatic carbocycles. The third-order valence-corrected chi connectivity index (χ3v) is 0.429. The number of halogens is 4. The molecule has 0 rings (SSSR count). The molecule has 0 radical (unpaired) electrons. The first-order valence-electron chi connectivity index (χ1n) is 1.78. The second-order valence-electron chi connectivity index (χ2n) is 0.771. The number of alkyl halides is 2. The first-order valence-corrected chi connectivity index (χ1v) is 3.53. The van der Waals surface area contributed by atoms with Gasteiger partial charge in [0.25, 0.3) is 0 Å². The van der Waals surface area contributed by atoms with Crippen LogP contribution in [-0.2, 0) is 0 Å². The van der Waals surface area contributed by atoms with Crippen LogP contribution in [0.25, 0.3) is 0 Å². The summed E-state index contributed by atoms with van der Waals surface area (Å²) in [7, 11) is 0. The first-order chi connectivity index (χ1) is 3.65. The van der Waals surface area contributed by atoms with Crippen LogP contribution < -0.4 is 0 Å². The zero-order valence-electron chi connectivity index (χ0n) is 4.24. The molecule has 0 nitrogen and oxygen atoms in total. The summed E-state index contributed by atoms with van der Waals surface area (Å²) in [6.07, 6.45) is 0. The maximum absolute atomic E-state index is 5.04. The Morgan fingerprint density at radius 1 is 1.12 bits per heavy atom. The van der Waals surface area contributed by atoms with E-state index in [1.165, 1.54) is 11.1 Å². The van der Waals surface area contributed by atoms with Crippen LogP contribution in [-0.4, -0.2) is 4.84 Å². The molecule has 0 aromatic heterocycles. The van der Waals surface area contributed by atoms with Crippen LogP contribution in [0.3, 0.4) is 0 Å². The fourth-order valence-corrected chi connectivity index (χ4v) is 0. The fourth-order valence-electron chi connectivity index (χ4n) is 0. The van der Waals surface area contributed by atoms with Gasteiger partial charge in [0.2, 0.25) is 0 Å². The minimum Gasteiger partial charge on any atom is -0.106 e. The smallest absolute Gasteiger partial charge is 0.105 e. The van der Waals surface area contributed by atoms with E-state index in [2.05, 4.69) is 0 Å². The lowest BCUT2D eigenvalue weighted by molar-refractivity contribution is 1.39. The molecule has 0 spiro atoms. The van der Waals surface area contributed by atoms with Gasteiger partial charge in [-0.15, -0.1) is 23.2 Å². The summed E-state index contributed by atoms with van der Waals surface area (Å²) >= 11 is 19.8. The normalized spacial score (nSPS) is 9.25. The Balaban J connectivity index is 0. The molecular formula is C4H6Cl4. The SMILES string of the molecule is CC(Cl)Cl.ClC=CCl. The van der Waals surface area contributed by atoms with Gasteiger partial charge in [-0.3, -0.25) is 0 Å². The van der Waals surface area contributed by atoms with E-state index in [-0.39, 0.29) is 4.84 Å². The minimum absolute atomic E-state index is 0.222. The van der Waals surface area contributed by atoms with Crippen LogP contribution in [0.15, 0.2) is 11.1 Å². The monoisotopic (exact) mass is 194 g/mol. The van der Waals surface area contributed by atoms with Crippen molar-refractivity contribution in [1.29, 1.82) is 0 Å². The highest BCUT2D eigenvalue weighted by atomic mass is 35.5. The fraction of sp³-hybridized carbons (Fsp3) is 0.500. The van der Waals surface area contributed by atoms with E-state index < -0.39 is 0 Å². The summed E-state index contributed by atoms with van der Waals surface area (Å²) in [6.45, 7) is 1.70. The molecule has 0 N–H and O–H groups in total. The molecule has 0 bridgehead atoms. The van der Waals surface area contributed by atoms with Gasteiger partial charge in [-0.25, -0.2) is 0 Å². The van der Waals surface area contributed by atoms with Crippen molar-refractivity contribution >= 4 is 46.4 Å². The lowest BCUT2D eigenvalue weighted by Crippen LogP contribution is -1.63. The second kappa shape index (κ2) is 10.8. The molecule has 0 fully saturated rings. The van der Waals surface area contributed by atoms with Crippen molar-refractivity contribution in [3.05, 3.63) is 11.1 Å². The summed E-state index contributed by atoms with van der Waals surface area (Å²) in [5, 5.41) is 0. The molecule has 0 aliphatic heterocycles. The third kappa shape index (κ3) is 66.5. The van der Waals surface area contributed by atoms with Crippen LogP contribution in [0.5, 0.6) is 0 Å². The average Bonchev–Trinajstić information content (AvgIpc) is 1.65. The van der Waals surface area contributed by atoms with Gasteiger partial charge in [-0.05, 0) is 6.92 Å². The van der Waals surface area contributed by atoms with Gasteiger partial charge in [0.15, 0.2) is 0 Å². The van der Waals surface area contributed by atoms with Gasteiger partial charge in [0, 0.05) is 11.1 Å². The van der Waals surface area contributed by atoms with Gasteiger partial charge in [0.05, 0.1) is 0 Å².